The number of carbonyl (C=O) groups excluding carboxylic acids is 1. The van der Waals surface area contributed by atoms with E-state index in [9.17, 15) is 9.59 Å². The molecule has 0 spiro atoms. The van der Waals surface area contributed by atoms with E-state index in [-0.39, 0.29) is 0 Å². The summed E-state index contributed by atoms with van der Waals surface area (Å²) in [5, 5.41) is 14.5. The van der Waals surface area contributed by atoms with Crippen molar-refractivity contribution in [3.05, 3.63) is 94.9 Å². The fraction of sp³-hybridized carbons (Fsp3) is 0.222. The van der Waals surface area contributed by atoms with E-state index in [0.717, 1.165) is 41.3 Å². The number of aliphatic carboxylic acids is 1. The largest absolute Gasteiger partial charge is 0.480 e. The van der Waals surface area contributed by atoms with Crippen LogP contribution in [0.15, 0.2) is 83.8 Å². The fourth-order valence-electron chi connectivity index (χ4n) is 3.67. The van der Waals surface area contributed by atoms with Crippen LogP contribution in [0.3, 0.4) is 0 Å². The highest BCUT2D eigenvalue weighted by atomic mass is 32.1. The Kier molecular flexibility index (Phi) is 7.54. The number of aromatic nitrogens is 1. The highest BCUT2D eigenvalue weighted by molar-refractivity contribution is 7.14. The zero-order chi connectivity index (χ0) is 23.9. The monoisotopic (exact) mass is 473 g/mol. The van der Waals surface area contributed by atoms with Crippen molar-refractivity contribution in [3.8, 4) is 11.3 Å². The normalized spacial score (nSPS) is 13.7. The molecular weight excluding hydrogens is 446 g/mol. The van der Waals surface area contributed by atoms with Crippen molar-refractivity contribution in [2.75, 3.05) is 11.4 Å². The van der Waals surface area contributed by atoms with E-state index < -0.39 is 17.9 Å². The summed E-state index contributed by atoms with van der Waals surface area (Å²) >= 11 is 1.62. The number of benzene rings is 2. The molecule has 1 amide bonds. The Morgan fingerprint density at radius 1 is 1.09 bits per heavy atom. The number of anilines is 1. The maximum absolute atomic E-state index is 12.3. The molecule has 0 radical (unpaired) electrons. The van der Waals surface area contributed by atoms with Crippen LogP contribution in [0.25, 0.3) is 11.3 Å². The SMILES string of the molecule is CC(NC(=O)c1ccc(CN(CC2=CCCC=C2)c2nc(-c3ccccc3)cs2)cc1)C(=O)O. The Morgan fingerprint density at radius 2 is 1.85 bits per heavy atom. The maximum Gasteiger partial charge on any atom is 0.325 e. The Bertz CT molecular complexity index is 1200. The summed E-state index contributed by atoms with van der Waals surface area (Å²) < 4.78 is 0. The molecule has 0 fully saturated rings. The van der Waals surface area contributed by atoms with E-state index in [1.165, 1.54) is 12.5 Å². The number of carboxylic acid groups (broad SMARTS) is 1. The van der Waals surface area contributed by atoms with Crippen molar-refractivity contribution in [1.82, 2.24) is 10.3 Å². The van der Waals surface area contributed by atoms with E-state index in [1.54, 1.807) is 23.5 Å². The molecule has 0 aliphatic heterocycles. The summed E-state index contributed by atoms with van der Waals surface area (Å²) in [5.41, 5.74) is 4.79. The van der Waals surface area contributed by atoms with Crippen LogP contribution in [0.4, 0.5) is 5.13 Å². The minimum atomic E-state index is -1.06. The number of hydrogen-bond donors (Lipinski definition) is 2. The van der Waals surface area contributed by atoms with E-state index >= 15 is 0 Å². The molecule has 1 atom stereocenters. The molecule has 0 bridgehead atoms. The van der Waals surface area contributed by atoms with Gasteiger partial charge >= 0.3 is 5.97 Å². The Hall–Kier alpha value is -3.71. The molecule has 1 heterocycles. The molecule has 34 heavy (non-hydrogen) atoms. The van der Waals surface area contributed by atoms with Gasteiger partial charge in [-0.1, -0.05) is 60.7 Å². The summed E-state index contributed by atoms with van der Waals surface area (Å²) in [6, 6.07) is 16.5. The van der Waals surface area contributed by atoms with Gasteiger partial charge in [0, 0.05) is 29.6 Å². The van der Waals surface area contributed by atoms with Gasteiger partial charge in [0.15, 0.2) is 5.13 Å². The third-order valence-corrected chi connectivity index (χ3v) is 6.49. The molecule has 2 aromatic carbocycles. The van der Waals surface area contributed by atoms with Gasteiger partial charge in [-0.15, -0.1) is 11.3 Å². The van der Waals surface area contributed by atoms with Gasteiger partial charge in [-0.2, -0.15) is 0 Å². The number of thiazole rings is 1. The van der Waals surface area contributed by atoms with Crippen molar-refractivity contribution in [2.24, 2.45) is 0 Å². The van der Waals surface area contributed by atoms with Crippen molar-refractivity contribution >= 4 is 28.3 Å². The lowest BCUT2D eigenvalue weighted by molar-refractivity contribution is -0.138. The summed E-state index contributed by atoms with van der Waals surface area (Å²) in [5.74, 6) is -1.46. The fourth-order valence-corrected chi connectivity index (χ4v) is 4.51. The third-order valence-electron chi connectivity index (χ3n) is 5.58. The van der Waals surface area contributed by atoms with Crippen molar-refractivity contribution in [1.29, 1.82) is 0 Å². The first-order chi connectivity index (χ1) is 16.5. The lowest BCUT2D eigenvalue weighted by atomic mass is 10.1. The summed E-state index contributed by atoms with van der Waals surface area (Å²) in [6.45, 7) is 2.83. The van der Waals surface area contributed by atoms with E-state index in [0.29, 0.717) is 12.1 Å². The van der Waals surface area contributed by atoms with Crippen LogP contribution in [0, 0.1) is 0 Å². The van der Waals surface area contributed by atoms with Gasteiger partial charge in [0.05, 0.1) is 5.69 Å². The second kappa shape index (κ2) is 10.9. The maximum atomic E-state index is 12.3. The Morgan fingerprint density at radius 3 is 2.53 bits per heavy atom. The van der Waals surface area contributed by atoms with Gasteiger partial charge in [0.1, 0.15) is 6.04 Å². The van der Waals surface area contributed by atoms with Crippen molar-refractivity contribution in [2.45, 2.75) is 32.4 Å². The molecule has 1 aliphatic rings. The summed E-state index contributed by atoms with van der Waals surface area (Å²) in [7, 11) is 0. The molecular formula is C27H27N3O3S. The first-order valence-electron chi connectivity index (χ1n) is 11.2. The van der Waals surface area contributed by atoms with Gasteiger partial charge in [-0.05, 0) is 43.0 Å². The first kappa shape index (κ1) is 23.4. The molecule has 7 heteroatoms. The lowest BCUT2D eigenvalue weighted by Gasteiger charge is -2.23. The van der Waals surface area contributed by atoms with Crippen LogP contribution < -0.4 is 10.2 Å². The molecule has 1 aromatic heterocycles. The molecule has 2 N–H and O–H groups in total. The van der Waals surface area contributed by atoms with Crippen LogP contribution in [0.5, 0.6) is 0 Å². The van der Waals surface area contributed by atoms with Gasteiger partial charge in [-0.3, -0.25) is 9.59 Å². The summed E-state index contributed by atoms with van der Waals surface area (Å²) in [4.78, 5) is 30.5. The highest BCUT2D eigenvalue weighted by Gasteiger charge is 2.17. The number of rotatable bonds is 9. The molecule has 3 aromatic rings. The molecule has 4 rings (SSSR count). The van der Waals surface area contributed by atoms with Crippen molar-refractivity contribution in [3.63, 3.8) is 0 Å². The van der Waals surface area contributed by atoms with Crippen LogP contribution in [-0.4, -0.2) is 34.6 Å². The second-order valence-electron chi connectivity index (χ2n) is 8.23. The van der Waals surface area contributed by atoms with E-state index in [2.05, 4.69) is 46.0 Å². The quantitative estimate of drug-likeness (QED) is 0.441. The molecule has 0 saturated heterocycles. The van der Waals surface area contributed by atoms with Crippen molar-refractivity contribution < 1.29 is 14.7 Å². The topological polar surface area (TPSA) is 82.5 Å². The molecule has 174 valence electrons. The standard InChI is InChI=1S/C27H27N3O3S/c1-19(26(32)33)28-25(31)23-14-12-21(13-15-23)17-30(16-20-8-4-2-5-9-20)27-29-24(18-34-27)22-10-6-3-7-11-22/h3-4,6-15,18-19H,2,5,16-17H2,1H3,(H,28,31)(H,32,33). The first-order valence-corrected chi connectivity index (χ1v) is 12.1. The van der Waals surface area contributed by atoms with Crippen LogP contribution in [-0.2, 0) is 11.3 Å². The minimum Gasteiger partial charge on any atom is -0.480 e. The predicted octanol–water partition coefficient (Wildman–Crippen LogP) is 5.30. The second-order valence-corrected chi connectivity index (χ2v) is 9.06. The number of allylic oxidation sites excluding steroid dienone is 2. The van der Waals surface area contributed by atoms with Crippen LogP contribution in [0.1, 0.15) is 35.7 Å². The zero-order valence-corrected chi connectivity index (χ0v) is 19.8. The number of carbonyl (C=O) groups is 2. The van der Waals surface area contributed by atoms with Gasteiger partial charge in [0.25, 0.3) is 5.91 Å². The Balaban J connectivity index is 1.52. The summed E-state index contributed by atoms with van der Waals surface area (Å²) in [6.07, 6.45) is 8.78. The lowest BCUT2D eigenvalue weighted by Crippen LogP contribution is -2.38. The number of amides is 1. The minimum absolute atomic E-state index is 0.400. The molecule has 6 nitrogen and oxygen atoms in total. The number of hydrogen-bond acceptors (Lipinski definition) is 5. The molecule has 0 saturated carbocycles. The number of nitrogens with zero attached hydrogens (tertiary/aromatic N) is 2. The third kappa shape index (κ3) is 5.99. The number of nitrogens with one attached hydrogen (secondary N) is 1. The average molecular weight is 474 g/mol. The van der Waals surface area contributed by atoms with Crippen LogP contribution >= 0.6 is 11.3 Å². The van der Waals surface area contributed by atoms with Gasteiger partial charge in [-0.25, -0.2) is 4.98 Å². The smallest absolute Gasteiger partial charge is 0.325 e. The van der Waals surface area contributed by atoms with E-state index in [1.807, 2.05) is 30.3 Å². The Labute approximate surface area is 203 Å². The average Bonchev–Trinajstić information content (AvgIpc) is 3.35. The van der Waals surface area contributed by atoms with E-state index in [4.69, 9.17) is 10.1 Å². The zero-order valence-electron chi connectivity index (χ0n) is 19.0. The van der Waals surface area contributed by atoms with Gasteiger partial charge < -0.3 is 15.3 Å². The van der Waals surface area contributed by atoms with Gasteiger partial charge in [0.2, 0.25) is 0 Å². The van der Waals surface area contributed by atoms with Crippen LogP contribution in [0.2, 0.25) is 0 Å². The molecule has 1 unspecified atom stereocenters. The molecule has 1 aliphatic carbocycles. The number of carboxylic acids is 1. The highest BCUT2D eigenvalue weighted by Crippen LogP contribution is 2.29. The predicted molar refractivity (Wildman–Crippen MR) is 136 cm³/mol.